The van der Waals surface area contributed by atoms with Crippen LogP contribution < -0.4 is 5.69 Å². The minimum atomic E-state index is -0.553. The number of phenolic OH excluding ortho intramolecular Hbond substituents is 2. The lowest BCUT2D eigenvalue weighted by atomic mass is 10.2. The average Bonchev–Trinajstić information content (AvgIpc) is 2.69. The molecule has 0 unspecified atom stereocenters. The second-order valence-electron chi connectivity index (χ2n) is 4.22. The minimum Gasteiger partial charge on any atom is -0.506 e. The van der Waals surface area contributed by atoms with Crippen molar-refractivity contribution < 1.29 is 14.6 Å². The molecule has 1 heterocycles. The Labute approximate surface area is 116 Å². The van der Waals surface area contributed by atoms with Crippen LogP contribution in [0, 0.1) is 5.82 Å². The number of rotatable bonds is 1. The van der Waals surface area contributed by atoms with E-state index in [0.29, 0.717) is 11.0 Å². The molecule has 0 amide bonds. The molecule has 0 aliphatic heterocycles. The molecule has 0 atom stereocenters. The Kier molecular flexibility index (Phi) is 2.69. The highest BCUT2D eigenvalue weighted by atomic mass is 35.5. The van der Waals surface area contributed by atoms with E-state index in [4.69, 9.17) is 11.6 Å². The SMILES string of the molecule is O=c1[nH]c2cc(F)ccc2n1-c1cc(Cl)c(O)cc1O. The Hall–Kier alpha value is -2.47. The molecule has 0 saturated heterocycles. The van der Waals surface area contributed by atoms with Crippen molar-refractivity contribution >= 4 is 22.6 Å². The highest BCUT2D eigenvalue weighted by Gasteiger charge is 2.15. The van der Waals surface area contributed by atoms with Crippen molar-refractivity contribution in [2.45, 2.75) is 0 Å². The lowest BCUT2D eigenvalue weighted by Gasteiger charge is -2.08. The van der Waals surface area contributed by atoms with Crippen molar-refractivity contribution in [3.63, 3.8) is 0 Å². The number of halogens is 2. The van der Waals surface area contributed by atoms with Crippen molar-refractivity contribution in [2.75, 3.05) is 0 Å². The van der Waals surface area contributed by atoms with E-state index < -0.39 is 11.5 Å². The second kappa shape index (κ2) is 4.28. The molecule has 102 valence electrons. The number of H-pyrrole nitrogens is 1. The molecule has 3 rings (SSSR count). The van der Waals surface area contributed by atoms with E-state index in [1.54, 1.807) is 0 Å². The van der Waals surface area contributed by atoms with Gasteiger partial charge in [-0.3, -0.25) is 4.57 Å². The highest BCUT2D eigenvalue weighted by molar-refractivity contribution is 6.32. The maximum absolute atomic E-state index is 13.1. The zero-order chi connectivity index (χ0) is 14.4. The summed E-state index contributed by atoms with van der Waals surface area (Å²) < 4.78 is 14.3. The largest absolute Gasteiger partial charge is 0.506 e. The predicted molar refractivity (Wildman–Crippen MR) is 72.2 cm³/mol. The number of hydrogen-bond acceptors (Lipinski definition) is 3. The summed E-state index contributed by atoms with van der Waals surface area (Å²) in [4.78, 5) is 14.4. The van der Waals surface area contributed by atoms with Gasteiger partial charge in [-0.15, -0.1) is 0 Å². The Morgan fingerprint density at radius 1 is 1.15 bits per heavy atom. The molecule has 0 bridgehead atoms. The molecule has 0 aliphatic rings. The zero-order valence-corrected chi connectivity index (χ0v) is 10.6. The third kappa shape index (κ3) is 1.81. The van der Waals surface area contributed by atoms with Gasteiger partial charge >= 0.3 is 5.69 Å². The van der Waals surface area contributed by atoms with E-state index in [-0.39, 0.29) is 22.2 Å². The van der Waals surface area contributed by atoms with Gasteiger partial charge in [-0.05, 0) is 24.3 Å². The van der Waals surface area contributed by atoms with E-state index >= 15 is 0 Å². The second-order valence-corrected chi connectivity index (χ2v) is 4.63. The normalized spacial score (nSPS) is 11.1. The Balaban J connectivity index is 2.38. The summed E-state index contributed by atoms with van der Waals surface area (Å²) in [5.41, 5.74) is 0.213. The van der Waals surface area contributed by atoms with Crippen LogP contribution in [0.15, 0.2) is 35.1 Å². The number of fused-ring (bicyclic) bond motifs is 1. The Bertz CT molecular complexity index is 885. The number of benzene rings is 2. The number of nitrogens with one attached hydrogen (secondary N) is 1. The first-order valence-corrected chi connectivity index (χ1v) is 5.97. The van der Waals surface area contributed by atoms with Gasteiger partial charge in [-0.1, -0.05) is 11.6 Å². The molecule has 0 spiro atoms. The fourth-order valence-electron chi connectivity index (χ4n) is 2.04. The lowest BCUT2D eigenvalue weighted by molar-refractivity contribution is 0.449. The fourth-order valence-corrected chi connectivity index (χ4v) is 2.20. The number of aromatic nitrogens is 2. The average molecular weight is 295 g/mol. The molecule has 0 radical (unpaired) electrons. The van der Waals surface area contributed by atoms with Gasteiger partial charge < -0.3 is 15.2 Å². The van der Waals surface area contributed by atoms with Gasteiger partial charge in [0.2, 0.25) is 0 Å². The Morgan fingerprint density at radius 2 is 1.90 bits per heavy atom. The van der Waals surface area contributed by atoms with Crippen molar-refractivity contribution in [3.8, 4) is 17.2 Å². The fraction of sp³-hybridized carbons (Fsp3) is 0. The number of aromatic hydroxyl groups is 2. The summed E-state index contributed by atoms with van der Waals surface area (Å²) in [6, 6.07) is 6.07. The van der Waals surface area contributed by atoms with Crippen LogP contribution in [0.25, 0.3) is 16.7 Å². The highest BCUT2D eigenvalue weighted by Crippen LogP contribution is 2.33. The molecule has 5 nitrogen and oxygen atoms in total. The quantitative estimate of drug-likeness (QED) is 0.645. The lowest BCUT2D eigenvalue weighted by Crippen LogP contribution is -2.14. The third-order valence-corrected chi connectivity index (χ3v) is 3.23. The smallest absolute Gasteiger partial charge is 0.331 e. The van der Waals surface area contributed by atoms with E-state index in [2.05, 4.69) is 4.98 Å². The molecule has 20 heavy (non-hydrogen) atoms. The molecule has 1 aromatic heterocycles. The van der Waals surface area contributed by atoms with Crippen molar-refractivity contribution in [1.82, 2.24) is 9.55 Å². The van der Waals surface area contributed by atoms with Crippen LogP contribution in [0.4, 0.5) is 4.39 Å². The first kappa shape index (κ1) is 12.6. The van der Waals surface area contributed by atoms with Crippen LogP contribution >= 0.6 is 11.6 Å². The molecular formula is C13H8ClFN2O3. The maximum Gasteiger partial charge on any atom is 0.331 e. The van der Waals surface area contributed by atoms with Gasteiger partial charge in [0.15, 0.2) is 0 Å². The van der Waals surface area contributed by atoms with E-state index in [9.17, 15) is 19.4 Å². The number of phenols is 2. The van der Waals surface area contributed by atoms with Crippen LogP contribution in [0.2, 0.25) is 5.02 Å². The van der Waals surface area contributed by atoms with Crippen molar-refractivity contribution in [2.24, 2.45) is 0 Å². The molecule has 0 fully saturated rings. The number of imidazole rings is 1. The molecule has 0 saturated carbocycles. The number of hydrogen-bond donors (Lipinski definition) is 3. The summed E-state index contributed by atoms with van der Waals surface area (Å²) in [6.07, 6.45) is 0. The first-order valence-electron chi connectivity index (χ1n) is 5.59. The van der Waals surface area contributed by atoms with Crippen LogP contribution in [0.5, 0.6) is 11.5 Å². The molecular weight excluding hydrogens is 287 g/mol. The predicted octanol–water partition coefficient (Wildman–Crippen LogP) is 2.52. The topological polar surface area (TPSA) is 78.2 Å². The van der Waals surface area contributed by atoms with Gasteiger partial charge in [0.25, 0.3) is 0 Å². The number of aromatic amines is 1. The minimum absolute atomic E-state index is 0.0128. The molecule has 2 aromatic carbocycles. The summed E-state index contributed by atoms with van der Waals surface area (Å²) in [7, 11) is 0. The molecule has 0 aliphatic carbocycles. The van der Waals surface area contributed by atoms with Crippen molar-refractivity contribution in [1.29, 1.82) is 0 Å². The third-order valence-electron chi connectivity index (χ3n) is 2.93. The van der Waals surface area contributed by atoms with Gasteiger partial charge in [-0.25, -0.2) is 9.18 Å². The summed E-state index contributed by atoms with van der Waals surface area (Å²) >= 11 is 5.78. The van der Waals surface area contributed by atoms with Crippen LogP contribution in [-0.4, -0.2) is 19.8 Å². The first-order chi connectivity index (χ1) is 9.47. The molecule has 7 heteroatoms. The molecule has 3 aromatic rings. The molecule has 3 N–H and O–H groups in total. The van der Waals surface area contributed by atoms with Gasteiger partial charge in [0.05, 0.1) is 21.7 Å². The van der Waals surface area contributed by atoms with E-state index in [0.717, 1.165) is 10.6 Å². The van der Waals surface area contributed by atoms with Gasteiger partial charge in [-0.2, -0.15) is 0 Å². The maximum atomic E-state index is 13.1. The van der Waals surface area contributed by atoms with Crippen LogP contribution in [-0.2, 0) is 0 Å². The number of nitrogens with zero attached hydrogens (tertiary/aromatic N) is 1. The van der Waals surface area contributed by atoms with E-state index in [1.165, 1.54) is 24.3 Å². The monoisotopic (exact) mass is 294 g/mol. The standard InChI is InChI=1S/C13H8ClFN2O3/c14-7-4-10(12(19)5-11(7)18)17-9-2-1-6(15)3-8(9)16-13(17)20/h1-5,18-19H,(H,16,20). The van der Waals surface area contributed by atoms with Crippen LogP contribution in [0.3, 0.4) is 0 Å². The summed E-state index contributed by atoms with van der Waals surface area (Å²) in [5, 5.41) is 19.3. The Morgan fingerprint density at radius 3 is 2.65 bits per heavy atom. The van der Waals surface area contributed by atoms with Gasteiger partial charge in [0, 0.05) is 6.07 Å². The summed E-state index contributed by atoms with van der Waals surface area (Å²) in [5.74, 6) is -1.11. The van der Waals surface area contributed by atoms with Gasteiger partial charge in [0.1, 0.15) is 17.3 Å². The van der Waals surface area contributed by atoms with Crippen molar-refractivity contribution in [3.05, 3.63) is 51.7 Å². The zero-order valence-electron chi connectivity index (χ0n) is 9.89. The van der Waals surface area contributed by atoms with Crippen LogP contribution in [0.1, 0.15) is 0 Å². The summed E-state index contributed by atoms with van der Waals surface area (Å²) in [6.45, 7) is 0. The van der Waals surface area contributed by atoms with E-state index in [1.807, 2.05) is 0 Å².